The largest absolute Gasteiger partial charge is 0.508 e. The Labute approximate surface area is 131 Å². The molecule has 0 radical (unpaired) electrons. The molecule has 2 aliphatic heterocycles. The van der Waals surface area contributed by atoms with Crippen molar-refractivity contribution in [3.8, 4) is 5.75 Å². The first kappa shape index (κ1) is 15.1. The van der Waals surface area contributed by atoms with Gasteiger partial charge < -0.3 is 10.0 Å². The van der Waals surface area contributed by atoms with E-state index < -0.39 is 33.1 Å². The van der Waals surface area contributed by atoms with Crippen molar-refractivity contribution >= 4 is 33.4 Å². The Morgan fingerprint density at radius 1 is 1.41 bits per heavy atom. The third-order valence-electron chi connectivity index (χ3n) is 3.93. The molecule has 0 aromatic heterocycles. The molecule has 7 nitrogen and oxygen atoms in total. The maximum atomic E-state index is 12.6. The number of rotatable bonds is 1. The molecule has 9 heteroatoms. The van der Waals surface area contributed by atoms with Crippen LogP contribution in [-0.4, -0.2) is 48.1 Å². The Morgan fingerprint density at radius 3 is 2.86 bits per heavy atom. The maximum absolute atomic E-state index is 12.6. The molecule has 0 saturated carbocycles. The van der Waals surface area contributed by atoms with Crippen molar-refractivity contribution in [1.82, 2.24) is 9.62 Å². The molecule has 1 aromatic rings. The number of phenols is 1. The molecule has 1 aromatic carbocycles. The molecule has 2 heterocycles. The van der Waals surface area contributed by atoms with Crippen LogP contribution in [0.15, 0.2) is 18.2 Å². The fraction of sp³-hybridized carbons (Fsp3) is 0.385. The molecule has 0 spiro atoms. The van der Waals surface area contributed by atoms with Gasteiger partial charge in [0.2, 0.25) is 10.0 Å². The molecule has 2 fully saturated rings. The molecule has 3 rings (SSSR count). The van der Waals surface area contributed by atoms with Gasteiger partial charge in [0.1, 0.15) is 17.0 Å². The van der Waals surface area contributed by atoms with Crippen LogP contribution in [0.1, 0.15) is 23.2 Å². The smallest absolute Gasteiger partial charge is 0.257 e. The Morgan fingerprint density at radius 2 is 2.14 bits per heavy atom. The Bertz CT molecular complexity index is 764. The SMILES string of the molecule is O=C1NS(=O)(=O)[C@@H]2CCCN(C(=O)c3cc(O)ccc3Cl)[C@H]12. The Kier molecular flexibility index (Phi) is 3.53. The van der Waals surface area contributed by atoms with Gasteiger partial charge in [-0.15, -0.1) is 0 Å². The minimum absolute atomic E-state index is 0.0411. The highest BCUT2D eigenvalue weighted by Gasteiger charge is 2.52. The average molecular weight is 345 g/mol. The number of piperidine rings is 1. The number of phenolic OH excluding ortho intramolecular Hbond substituents is 1. The predicted molar refractivity (Wildman–Crippen MR) is 78.0 cm³/mol. The summed E-state index contributed by atoms with van der Waals surface area (Å²) in [5.74, 6) is -1.40. The normalized spacial score (nSPS) is 26.4. The third-order valence-corrected chi connectivity index (χ3v) is 6.03. The van der Waals surface area contributed by atoms with Gasteiger partial charge in [0, 0.05) is 6.54 Å². The summed E-state index contributed by atoms with van der Waals surface area (Å²) in [6, 6.07) is 2.86. The highest BCUT2D eigenvalue weighted by molar-refractivity contribution is 7.91. The van der Waals surface area contributed by atoms with Crippen LogP contribution < -0.4 is 4.72 Å². The maximum Gasteiger partial charge on any atom is 0.257 e. The zero-order valence-electron chi connectivity index (χ0n) is 11.3. The van der Waals surface area contributed by atoms with Crippen LogP contribution in [-0.2, 0) is 14.8 Å². The molecule has 22 heavy (non-hydrogen) atoms. The van der Waals surface area contributed by atoms with E-state index in [1.165, 1.54) is 23.1 Å². The van der Waals surface area contributed by atoms with E-state index >= 15 is 0 Å². The Hall–Kier alpha value is -1.80. The van der Waals surface area contributed by atoms with Crippen LogP contribution in [0.2, 0.25) is 5.02 Å². The minimum Gasteiger partial charge on any atom is -0.508 e. The summed E-state index contributed by atoms with van der Waals surface area (Å²) in [6.07, 6.45) is 0.792. The van der Waals surface area contributed by atoms with E-state index in [1.54, 1.807) is 0 Å². The standard InChI is InChI=1S/C13H13ClN2O5S/c14-9-4-3-7(17)6-8(9)13(19)16-5-1-2-10-11(16)12(18)15-22(10,20)21/h3-4,6,10-11,17H,1-2,5H2,(H,15,18)/t10-,11+/m1/s1. The van der Waals surface area contributed by atoms with E-state index in [4.69, 9.17) is 11.6 Å². The number of hydrogen-bond acceptors (Lipinski definition) is 5. The second-order valence-electron chi connectivity index (χ2n) is 5.30. The quantitative estimate of drug-likeness (QED) is 0.771. The summed E-state index contributed by atoms with van der Waals surface area (Å²) in [6.45, 7) is 0.259. The van der Waals surface area contributed by atoms with Gasteiger partial charge in [-0.1, -0.05) is 11.6 Å². The van der Waals surface area contributed by atoms with Crippen molar-refractivity contribution < 1.29 is 23.1 Å². The molecule has 2 aliphatic rings. The number of carbonyl (C=O) groups excluding carboxylic acids is 2. The lowest BCUT2D eigenvalue weighted by atomic mass is 9.99. The molecule has 0 bridgehead atoms. The third kappa shape index (κ3) is 2.32. The van der Waals surface area contributed by atoms with E-state index in [9.17, 15) is 23.1 Å². The number of halogens is 1. The number of nitrogens with one attached hydrogen (secondary N) is 1. The zero-order chi connectivity index (χ0) is 16.1. The number of fused-ring (bicyclic) bond motifs is 1. The lowest BCUT2D eigenvalue weighted by Gasteiger charge is -2.34. The highest BCUT2D eigenvalue weighted by atomic mass is 35.5. The second-order valence-corrected chi connectivity index (χ2v) is 7.61. The van der Waals surface area contributed by atoms with Crippen LogP contribution in [0.3, 0.4) is 0 Å². The first-order valence-electron chi connectivity index (χ1n) is 6.66. The fourth-order valence-electron chi connectivity index (χ4n) is 2.93. The lowest BCUT2D eigenvalue weighted by Crippen LogP contribution is -2.52. The number of nitrogens with zero attached hydrogens (tertiary/aromatic N) is 1. The number of amides is 2. The van der Waals surface area contributed by atoms with E-state index in [0.717, 1.165) is 0 Å². The molecular formula is C13H13ClN2O5S. The molecule has 2 amide bonds. The van der Waals surface area contributed by atoms with E-state index in [-0.39, 0.29) is 22.9 Å². The molecule has 0 unspecified atom stereocenters. The predicted octanol–water partition coefficient (Wildman–Crippen LogP) is 0.478. The van der Waals surface area contributed by atoms with Crippen molar-refractivity contribution in [2.45, 2.75) is 24.1 Å². The monoisotopic (exact) mass is 344 g/mol. The average Bonchev–Trinajstić information content (AvgIpc) is 2.71. The van der Waals surface area contributed by atoms with Gasteiger partial charge in [0.15, 0.2) is 0 Å². The number of aromatic hydroxyl groups is 1. The van der Waals surface area contributed by atoms with E-state index in [0.29, 0.717) is 12.8 Å². The number of carbonyl (C=O) groups is 2. The van der Waals surface area contributed by atoms with Crippen molar-refractivity contribution in [2.75, 3.05) is 6.54 Å². The number of hydrogen-bond donors (Lipinski definition) is 2. The van der Waals surface area contributed by atoms with Crippen LogP contribution in [0.4, 0.5) is 0 Å². The summed E-state index contributed by atoms with van der Waals surface area (Å²) >= 11 is 5.97. The molecule has 0 aliphatic carbocycles. The molecule has 2 saturated heterocycles. The van der Waals surface area contributed by atoms with Crippen molar-refractivity contribution in [3.63, 3.8) is 0 Å². The number of sulfonamides is 1. The molecule has 2 atom stereocenters. The van der Waals surface area contributed by atoms with Gasteiger partial charge in [-0.2, -0.15) is 0 Å². The van der Waals surface area contributed by atoms with Crippen LogP contribution >= 0.6 is 11.6 Å². The minimum atomic E-state index is -3.74. The van der Waals surface area contributed by atoms with Crippen molar-refractivity contribution in [3.05, 3.63) is 28.8 Å². The van der Waals surface area contributed by atoms with Gasteiger partial charge in [0.25, 0.3) is 11.8 Å². The van der Waals surface area contributed by atoms with Gasteiger partial charge >= 0.3 is 0 Å². The lowest BCUT2D eigenvalue weighted by molar-refractivity contribution is -0.123. The number of benzene rings is 1. The fourth-order valence-corrected chi connectivity index (χ4v) is 4.77. The van der Waals surface area contributed by atoms with Crippen LogP contribution in [0.5, 0.6) is 5.75 Å². The van der Waals surface area contributed by atoms with Gasteiger partial charge in [-0.3, -0.25) is 14.3 Å². The highest BCUT2D eigenvalue weighted by Crippen LogP contribution is 2.31. The Balaban J connectivity index is 1.99. The second kappa shape index (κ2) is 5.13. The zero-order valence-corrected chi connectivity index (χ0v) is 12.9. The summed E-state index contributed by atoms with van der Waals surface area (Å²) in [5.41, 5.74) is 0.0411. The van der Waals surface area contributed by atoms with Gasteiger partial charge in [-0.25, -0.2) is 8.42 Å². The van der Waals surface area contributed by atoms with Crippen LogP contribution in [0, 0.1) is 0 Å². The van der Waals surface area contributed by atoms with Gasteiger partial charge in [-0.05, 0) is 31.0 Å². The first-order valence-corrected chi connectivity index (χ1v) is 8.58. The van der Waals surface area contributed by atoms with Crippen LogP contribution in [0.25, 0.3) is 0 Å². The van der Waals surface area contributed by atoms with Gasteiger partial charge in [0.05, 0.1) is 10.6 Å². The summed E-state index contributed by atoms with van der Waals surface area (Å²) < 4.78 is 25.7. The summed E-state index contributed by atoms with van der Waals surface area (Å²) in [4.78, 5) is 25.8. The van der Waals surface area contributed by atoms with Crippen molar-refractivity contribution in [2.24, 2.45) is 0 Å². The summed E-state index contributed by atoms with van der Waals surface area (Å²) in [5, 5.41) is 8.70. The summed E-state index contributed by atoms with van der Waals surface area (Å²) in [7, 11) is -3.74. The van der Waals surface area contributed by atoms with E-state index in [1.807, 2.05) is 4.72 Å². The van der Waals surface area contributed by atoms with E-state index in [2.05, 4.69) is 0 Å². The van der Waals surface area contributed by atoms with Crippen molar-refractivity contribution in [1.29, 1.82) is 0 Å². The molecule has 2 N–H and O–H groups in total. The topological polar surface area (TPSA) is 104 Å². The molecule has 118 valence electrons. The number of likely N-dealkylation sites (tertiary alicyclic amines) is 1. The first-order chi connectivity index (χ1) is 10.3. The molecular weight excluding hydrogens is 332 g/mol.